The van der Waals surface area contributed by atoms with Crippen molar-refractivity contribution in [1.82, 2.24) is 15.0 Å². The van der Waals surface area contributed by atoms with Crippen LogP contribution in [0.4, 0.5) is 17.8 Å². The second-order valence-corrected chi connectivity index (χ2v) is 5.13. The van der Waals surface area contributed by atoms with E-state index in [0.29, 0.717) is 25.0 Å². The first kappa shape index (κ1) is 15.3. The maximum absolute atomic E-state index is 11.2. The standard InChI is InChI=1S/C13H23N7O/c1-3-19(4-2)12-16-11(15)17-13(18-12)20-7-5-9(6-8-20)10(14)21/h9H,3-8H2,1-2H3,(H2,14,21)(H2,15,16,17,18). The number of nitrogens with two attached hydrogens (primary N) is 2. The number of amides is 1. The van der Waals surface area contributed by atoms with Crippen LogP contribution in [0.2, 0.25) is 0 Å². The van der Waals surface area contributed by atoms with E-state index in [-0.39, 0.29) is 17.8 Å². The van der Waals surface area contributed by atoms with E-state index in [1.54, 1.807) is 0 Å². The van der Waals surface area contributed by atoms with Crippen LogP contribution in [-0.2, 0) is 4.79 Å². The van der Waals surface area contributed by atoms with E-state index in [9.17, 15) is 4.79 Å². The van der Waals surface area contributed by atoms with Crippen LogP contribution in [-0.4, -0.2) is 47.0 Å². The highest BCUT2D eigenvalue weighted by atomic mass is 16.1. The van der Waals surface area contributed by atoms with Gasteiger partial charge in [-0.3, -0.25) is 4.79 Å². The number of nitrogen functional groups attached to an aromatic ring is 1. The van der Waals surface area contributed by atoms with Crippen LogP contribution >= 0.6 is 0 Å². The SMILES string of the molecule is CCN(CC)c1nc(N)nc(N2CCC(C(N)=O)CC2)n1. The molecule has 8 heteroatoms. The molecule has 8 nitrogen and oxygen atoms in total. The third kappa shape index (κ3) is 3.50. The summed E-state index contributed by atoms with van der Waals surface area (Å²) in [4.78, 5) is 28.2. The van der Waals surface area contributed by atoms with Gasteiger partial charge < -0.3 is 21.3 Å². The Morgan fingerprint density at radius 2 is 1.86 bits per heavy atom. The summed E-state index contributed by atoms with van der Waals surface area (Å²) in [5.74, 6) is 1.11. The lowest BCUT2D eigenvalue weighted by molar-refractivity contribution is -0.122. The minimum absolute atomic E-state index is 0.0531. The predicted molar refractivity (Wildman–Crippen MR) is 81.9 cm³/mol. The summed E-state index contributed by atoms with van der Waals surface area (Å²) < 4.78 is 0. The molecule has 0 atom stereocenters. The van der Waals surface area contributed by atoms with Crippen LogP contribution < -0.4 is 21.3 Å². The summed E-state index contributed by atoms with van der Waals surface area (Å²) >= 11 is 0. The molecule has 0 unspecified atom stereocenters. The van der Waals surface area contributed by atoms with Crippen LogP contribution in [0.5, 0.6) is 0 Å². The largest absolute Gasteiger partial charge is 0.369 e. The Kier molecular flexibility index (Phi) is 4.77. The molecule has 1 saturated heterocycles. The van der Waals surface area contributed by atoms with E-state index in [2.05, 4.69) is 15.0 Å². The molecule has 0 radical (unpaired) electrons. The van der Waals surface area contributed by atoms with Gasteiger partial charge in [0.15, 0.2) is 0 Å². The monoisotopic (exact) mass is 293 g/mol. The van der Waals surface area contributed by atoms with Crippen LogP contribution in [0.3, 0.4) is 0 Å². The van der Waals surface area contributed by atoms with Gasteiger partial charge in [-0.2, -0.15) is 15.0 Å². The average molecular weight is 293 g/mol. The van der Waals surface area contributed by atoms with Gasteiger partial charge in [-0.1, -0.05) is 0 Å². The number of carbonyl (C=O) groups excluding carboxylic acids is 1. The third-order valence-corrected chi connectivity index (χ3v) is 3.86. The Bertz CT molecular complexity index is 495. The maximum atomic E-state index is 11.2. The van der Waals surface area contributed by atoms with Crippen molar-refractivity contribution in [3.63, 3.8) is 0 Å². The topological polar surface area (TPSA) is 114 Å². The molecule has 1 aliphatic rings. The fraction of sp³-hybridized carbons (Fsp3) is 0.692. The normalized spacial score (nSPS) is 16.0. The lowest BCUT2D eigenvalue weighted by atomic mass is 9.96. The third-order valence-electron chi connectivity index (χ3n) is 3.86. The minimum atomic E-state index is -0.228. The molecule has 1 aromatic heterocycles. The van der Waals surface area contributed by atoms with Crippen LogP contribution in [0.1, 0.15) is 26.7 Å². The molecule has 1 amide bonds. The van der Waals surface area contributed by atoms with Gasteiger partial charge in [0.25, 0.3) is 0 Å². The Hall–Kier alpha value is -2.12. The summed E-state index contributed by atoms with van der Waals surface area (Å²) in [6, 6.07) is 0. The van der Waals surface area contributed by atoms with Crippen molar-refractivity contribution in [2.45, 2.75) is 26.7 Å². The first-order valence-electron chi connectivity index (χ1n) is 7.35. The van der Waals surface area contributed by atoms with E-state index in [1.165, 1.54) is 0 Å². The molecule has 2 rings (SSSR count). The van der Waals surface area contributed by atoms with Gasteiger partial charge in [0.1, 0.15) is 0 Å². The second-order valence-electron chi connectivity index (χ2n) is 5.13. The van der Waals surface area contributed by atoms with Crippen molar-refractivity contribution in [2.75, 3.05) is 41.7 Å². The zero-order chi connectivity index (χ0) is 15.4. The molecule has 21 heavy (non-hydrogen) atoms. The predicted octanol–water partition coefficient (Wildman–Crippen LogP) is 0.00170. The molecule has 116 valence electrons. The van der Waals surface area contributed by atoms with E-state index in [0.717, 1.165) is 25.9 Å². The highest BCUT2D eigenvalue weighted by Crippen LogP contribution is 2.22. The zero-order valence-corrected chi connectivity index (χ0v) is 12.6. The fourth-order valence-electron chi connectivity index (χ4n) is 2.52. The molecule has 0 aromatic carbocycles. The molecular weight excluding hydrogens is 270 g/mol. The van der Waals surface area contributed by atoms with Crippen molar-refractivity contribution < 1.29 is 4.79 Å². The molecule has 0 saturated carbocycles. The lowest BCUT2D eigenvalue weighted by Gasteiger charge is -2.31. The molecule has 0 spiro atoms. The zero-order valence-electron chi connectivity index (χ0n) is 12.6. The summed E-state index contributed by atoms with van der Waals surface area (Å²) in [7, 11) is 0. The number of hydrogen-bond acceptors (Lipinski definition) is 7. The Morgan fingerprint density at radius 1 is 1.24 bits per heavy atom. The molecule has 0 aliphatic carbocycles. The molecule has 0 bridgehead atoms. The van der Waals surface area contributed by atoms with Crippen LogP contribution in [0.15, 0.2) is 0 Å². The van der Waals surface area contributed by atoms with Gasteiger partial charge >= 0.3 is 0 Å². The van der Waals surface area contributed by atoms with E-state index in [4.69, 9.17) is 11.5 Å². The molecule has 1 aliphatic heterocycles. The number of hydrogen-bond donors (Lipinski definition) is 2. The van der Waals surface area contributed by atoms with E-state index in [1.807, 2.05) is 23.6 Å². The second kappa shape index (κ2) is 6.55. The summed E-state index contributed by atoms with van der Waals surface area (Å²) in [5, 5.41) is 0. The Balaban J connectivity index is 2.15. The number of rotatable bonds is 5. The Labute approximate surface area is 124 Å². The van der Waals surface area contributed by atoms with Gasteiger partial charge in [-0.15, -0.1) is 0 Å². The highest BCUT2D eigenvalue weighted by molar-refractivity contribution is 5.76. The maximum Gasteiger partial charge on any atom is 0.231 e. The van der Waals surface area contributed by atoms with Crippen molar-refractivity contribution in [1.29, 1.82) is 0 Å². The number of piperidine rings is 1. The fourth-order valence-corrected chi connectivity index (χ4v) is 2.52. The van der Waals surface area contributed by atoms with Crippen molar-refractivity contribution in [2.24, 2.45) is 11.7 Å². The van der Waals surface area contributed by atoms with Gasteiger partial charge in [0.2, 0.25) is 23.8 Å². The van der Waals surface area contributed by atoms with Gasteiger partial charge in [-0.05, 0) is 26.7 Å². The smallest absolute Gasteiger partial charge is 0.231 e. The molecular formula is C13H23N7O. The molecule has 4 N–H and O–H groups in total. The van der Waals surface area contributed by atoms with Crippen LogP contribution in [0, 0.1) is 5.92 Å². The molecule has 1 aromatic rings. The quantitative estimate of drug-likeness (QED) is 0.785. The number of nitrogens with zero attached hydrogens (tertiary/aromatic N) is 5. The lowest BCUT2D eigenvalue weighted by Crippen LogP contribution is -2.39. The van der Waals surface area contributed by atoms with Crippen molar-refractivity contribution >= 4 is 23.8 Å². The van der Waals surface area contributed by atoms with Crippen LogP contribution in [0.25, 0.3) is 0 Å². The first-order chi connectivity index (χ1) is 10.0. The van der Waals surface area contributed by atoms with Gasteiger partial charge in [0, 0.05) is 32.1 Å². The number of carbonyl (C=O) groups is 1. The molecule has 1 fully saturated rings. The summed E-state index contributed by atoms with van der Waals surface area (Å²) in [6.07, 6.45) is 1.45. The van der Waals surface area contributed by atoms with Gasteiger partial charge in [0.05, 0.1) is 0 Å². The van der Waals surface area contributed by atoms with E-state index >= 15 is 0 Å². The minimum Gasteiger partial charge on any atom is -0.369 e. The number of anilines is 3. The number of aromatic nitrogens is 3. The van der Waals surface area contributed by atoms with Crippen molar-refractivity contribution in [3.8, 4) is 0 Å². The molecule has 2 heterocycles. The highest BCUT2D eigenvalue weighted by Gasteiger charge is 2.25. The van der Waals surface area contributed by atoms with Gasteiger partial charge in [-0.25, -0.2) is 0 Å². The summed E-state index contributed by atoms with van der Waals surface area (Å²) in [6.45, 7) is 7.11. The Morgan fingerprint density at radius 3 is 2.38 bits per heavy atom. The number of primary amides is 1. The first-order valence-corrected chi connectivity index (χ1v) is 7.35. The van der Waals surface area contributed by atoms with E-state index < -0.39 is 0 Å². The summed E-state index contributed by atoms with van der Waals surface area (Å²) in [5.41, 5.74) is 11.1. The van der Waals surface area contributed by atoms with Crippen molar-refractivity contribution in [3.05, 3.63) is 0 Å². The average Bonchev–Trinajstić information content (AvgIpc) is 2.48.